The quantitative estimate of drug-likeness (QED) is 0.608. The second-order valence-electron chi connectivity index (χ2n) is 6.67. The van der Waals surface area contributed by atoms with Crippen LogP contribution in [-0.2, 0) is 0 Å². The molecule has 0 fully saturated rings. The van der Waals surface area contributed by atoms with Gasteiger partial charge in [0, 0.05) is 0 Å². The number of rotatable bonds is 2. The number of nitriles is 2. The molecule has 0 aromatic heterocycles. The van der Waals surface area contributed by atoms with Crippen LogP contribution in [0.4, 0.5) is 0 Å². The molecule has 116 valence electrons. The third-order valence-electron chi connectivity index (χ3n) is 4.70. The third kappa shape index (κ3) is 2.75. The van der Waals surface area contributed by atoms with Crippen molar-refractivity contribution in [1.29, 1.82) is 10.5 Å². The van der Waals surface area contributed by atoms with Crippen LogP contribution in [-0.4, -0.2) is 9.49 Å². The van der Waals surface area contributed by atoms with Crippen LogP contribution in [0.1, 0.15) is 54.4 Å². The fourth-order valence-electron chi connectivity index (χ4n) is 3.34. The Hall–Kier alpha value is -1.10. The molecule has 0 aromatic carbocycles. The van der Waals surface area contributed by atoms with E-state index < -0.39 is 0 Å². The van der Waals surface area contributed by atoms with E-state index in [0.717, 1.165) is 12.8 Å². The molecule has 2 unspecified atom stereocenters. The Kier molecular flexibility index (Phi) is 4.58. The summed E-state index contributed by atoms with van der Waals surface area (Å²) in [6.07, 6.45) is 1.70. The summed E-state index contributed by atoms with van der Waals surface area (Å²) in [4.78, 5) is 2.56. The van der Waals surface area contributed by atoms with Crippen LogP contribution in [0.15, 0.2) is 32.1 Å². The smallest absolute Gasteiger partial charge is 0.0973 e. The minimum Gasteiger partial charge on any atom is -0.193 e. The van der Waals surface area contributed by atoms with Gasteiger partial charge in [-0.1, -0.05) is 11.1 Å². The highest BCUT2D eigenvalue weighted by Crippen LogP contribution is 2.55. The van der Waals surface area contributed by atoms with Gasteiger partial charge in [-0.2, -0.15) is 10.5 Å². The fourth-order valence-corrected chi connectivity index (χ4v) is 6.26. The Morgan fingerprint density at radius 1 is 0.818 bits per heavy atom. The first-order valence-corrected chi connectivity index (χ1v) is 9.06. The highest BCUT2D eigenvalue weighted by Gasteiger charge is 2.44. The first-order chi connectivity index (χ1) is 10.2. The average Bonchev–Trinajstić information content (AvgIpc) is 2.83. The van der Waals surface area contributed by atoms with Crippen molar-refractivity contribution in [2.75, 3.05) is 0 Å². The van der Waals surface area contributed by atoms with E-state index in [0.29, 0.717) is 11.1 Å². The molecular formula is C18H22N2S2. The average molecular weight is 331 g/mol. The van der Waals surface area contributed by atoms with Crippen molar-refractivity contribution in [3.8, 4) is 12.1 Å². The van der Waals surface area contributed by atoms with Crippen molar-refractivity contribution < 1.29 is 0 Å². The van der Waals surface area contributed by atoms with Crippen LogP contribution in [0.3, 0.4) is 0 Å². The van der Waals surface area contributed by atoms with Crippen molar-refractivity contribution in [2.45, 2.75) is 63.9 Å². The molecule has 2 rings (SSSR count). The van der Waals surface area contributed by atoms with Crippen LogP contribution in [0.5, 0.6) is 0 Å². The van der Waals surface area contributed by atoms with Gasteiger partial charge in [0.05, 0.1) is 32.8 Å². The van der Waals surface area contributed by atoms with E-state index in [9.17, 15) is 10.5 Å². The first-order valence-electron chi connectivity index (χ1n) is 7.43. The fraction of sp³-hybridized carbons (Fsp3) is 0.556. The molecule has 0 radical (unpaired) electrons. The largest absolute Gasteiger partial charge is 0.193 e. The standard InChI is InChI=1S/C18H22N2S2/c1-11-7-17(5,21-13(11)3)15(9-19)16(10-20)18(6)8-12(2)14(4)22-18/h7-8H2,1-6H3/b16-15+. The van der Waals surface area contributed by atoms with Crippen LogP contribution in [0, 0.1) is 22.7 Å². The van der Waals surface area contributed by atoms with Crippen molar-refractivity contribution in [3.05, 3.63) is 32.1 Å². The van der Waals surface area contributed by atoms with Crippen LogP contribution in [0.2, 0.25) is 0 Å². The number of thioether (sulfide) groups is 2. The number of hydrogen-bond acceptors (Lipinski definition) is 4. The predicted molar refractivity (Wildman–Crippen MR) is 96.2 cm³/mol. The molecule has 2 nitrogen and oxygen atoms in total. The molecule has 0 saturated heterocycles. The third-order valence-corrected chi connectivity index (χ3v) is 7.60. The lowest BCUT2D eigenvalue weighted by Crippen LogP contribution is -2.28. The van der Waals surface area contributed by atoms with Crippen molar-refractivity contribution in [1.82, 2.24) is 0 Å². The Morgan fingerprint density at radius 2 is 1.14 bits per heavy atom. The molecule has 22 heavy (non-hydrogen) atoms. The molecule has 2 aliphatic rings. The number of allylic oxidation sites excluding steroid dienone is 4. The van der Waals surface area contributed by atoms with E-state index in [1.807, 2.05) is 0 Å². The van der Waals surface area contributed by atoms with Crippen molar-refractivity contribution >= 4 is 23.5 Å². The van der Waals surface area contributed by atoms with E-state index in [1.54, 1.807) is 23.5 Å². The van der Waals surface area contributed by atoms with E-state index >= 15 is 0 Å². The second-order valence-corrected chi connectivity index (χ2v) is 10.1. The Labute approximate surface area is 142 Å². The van der Waals surface area contributed by atoms with E-state index in [1.165, 1.54) is 21.0 Å². The van der Waals surface area contributed by atoms with Gasteiger partial charge >= 0.3 is 0 Å². The molecule has 0 bridgehead atoms. The van der Waals surface area contributed by atoms with Gasteiger partial charge in [-0.05, 0) is 64.2 Å². The van der Waals surface area contributed by atoms with E-state index in [4.69, 9.17) is 0 Å². The summed E-state index contributed by atoms with van der Waals surface area (Å²) >= 11 is 3.47. The summed E-state index contributed by atoms with van der Waals surface area (Å²) in [5, 5.41) is 19.6. The van der Waals surface area contributed by atoms with Gasteiger partial charge < -0.3 is 0 Å². The summed E-state index contributed by atoms with van der Waals surface area (Å²) in [5.41, 5.74) is 3.97. The zero-order valence-electron chi connectivity index (χ0n) is 14.1. The summed E-state index contributed by atoms with van der Waals surface area (Å²) in [7, 11) is 0. The lowest BCUT2D eigenvalue weighted by atomic mass is 9.84. The molecular weight excluding hydrogens is 308 g/mol. The van der Waals surface area contributed by atoms with Gasteiger partial charge in [-0.25, -0.2) is 0 Å². The highest BCUT2D eigenvalue weighted by atomic mass is 32.2. The topological polar surface area (TPSA) is 47.6 Å². The Morgan fingerprint density at radius 3 is 1.32 bits per heavy atom. The molecule has 0 N–H and O–H groups in total. The Bertz CT molecular complexity index is 608. The van der Waals surface area contributed by atoms with Crippen LogP contribution < -0.4 is 0 Å². The maximum absolute atomic E-state index is 9.82. The summed E-state index contributed by atoms with van der Waals surface area (Å²) in [6, 6.07) is 4.77. The van der Waals surface area contributed by atoms with Crippen LogP contribution in [0.25, 0.3) is 0 Å². The predicted octanol–water partition coefficient (Wildman–Crippen LogP) is 5.71. The summed E-state index contributed by atoms with van der Waals surface area (Å²) < 4.78 is -0.607. The number of hydrogen-bond donors (Lipinski definition) is 0. The maximum Gasteiger partial charge on any atom is 0.0973 e. The van der Waals surface area contributed by atoms with Gasteiger partial charge in [0.1, 0.15) is 0 Å². The Balaban J connectivity index is 2.50. The van der Waals surface area contributed by atoms with Crippen molar-refractivity contribution in [3.63, 3.8) is 0 Å². The normalized spacial score (nSPS) is 32.9. The molecule has 2 heterocycles. The lowest BCUT2D eigenvalue weighted by molar-refractivity contribution is 0.711. The van der Waals surface area contributed by atoms with Gasteiger partial charge in [0.2, 0.25) is 0 Å². The summed E-state index contributed by atoms with van der Waals surface area (Å²) in [5.74, 6) is 0. The molecule has 4 heteroatoms. The van der Waals surface area contributed by atoms with E-state index in [-0.39, 0.29) is 9.49 Å². The monoisotopic (exact) mass is 330 g/mol. The van der Waals surface area contributed by atoms with Gasteiger partial charge in [-0.3, -0.25) is 0 Å². The molecule has 0 spiro atoms. The molecule has 0 aliphatic carbocycles. The highest BCUT2D eigenvalue weighted by molar-refractivity contribution is 8.05. The number of nitrogens with zero attached hydrogens (tertiary/aromatic N) is 2. The maximum atomic E-state index is 9.82. The molecule has 0 aromatic rings. The van der Waals surface area contributed by atoms with E-state index in [2.05, 4.69) is 53.7 Å². The van der Waals surface area contributed by atoms with Gasteiger partial charge in [0.25, 0.3) is 0 Å². The summed E-state index contributed by atoms with van der Waals surface area (Å²) in [6.45, 7) is 12.7. The van der Waals surface area contributed by atoms with Crippen molar-refractivity contribution in [2.24, 2.45) is 0 Å². The van der Waals surface area contributed by atoms with Gasteiger partial charge in [0.15, 0.2) is 0 Å². The minimum atomic E-state index is -0.304. The minimum absolute atomic E-state index is 0.304. The molecule has 2 atom stereocenters. The van der Waals surface area contributed by atoms with Crippen LogP contribution >= 0.6 is 23.5 Å². The van der Waals surface area contributed by atoms with Gasteiger partial charge in [-0.15, -0.1) is 23.5 Å². The molecule has 0 saturated carbocycles. The molecule has 2 aliphatic heterocycles. The molecule has 0 amide bonds. The first kappa shape index (κ1) is 17.3. The SMILES string of the molecule is CC1=C(C)SC(C)(/C(C#N)=C(\C#N)C2(C)CC(C)=C(C)S2)C1. The zero-order chi connectivity index (χ0) is 16.7. The lowest BCUT2D eigenvalue weighted by Gasteiger charge is -2.30. The zero-order valence-corrected chi connectivity index (χ0v) is 15.8. The second kappa shape index (κ2) is 5.84.